The van der Waals surface area contributed by atoms with E-state index in [0.717, 1.165) is 0 Å². The van der Waals surface area contributed by atoms with Gasteiger partial charge in [0.05, 0.1) is 17.7 Å². The van der Waals surface area contributed by atoms with Gasteiger partial charge in [-0.2, -0.15) is 0 Å². The van der Waals surface area contributed by atoms with Crippen LogP contribution in [0.3, 0.4) is 0 Å². The van der Waals surface area contributed by atoms with Gasteiger partial charge in [0.2, 0.25) is 0 Å². The van der Waals surface area contributed by atoms with E-state index >= 15 is 0 Å². The minimum absolute atomic E-state index is 0.00649. The van der Waals surface area contributed by atoms with Crippen molar-refractivity contribution in [1.29, 1.82) is 0 Å². The summed E-state index contributed by atoms with van der Waals surface area (Å²) in [4.78, 5) is 12.0. The Kier molecular flexibility index (Phi) is 3.32. The van der Waals surface area contributed by atoms with Gasteiger partial charge in [0, 0.05) is 12.1 Å². The lowest BCUT2D eigenvalue weighted by atomic mass is 10.0. The Balaban J connectivity index is 2.30. The fraction of sp³-hybridized carbons (Fsp3) is 0.231. The number of nitrogens with zero attached hydrogens (tertiary/aromatic N) is 1. The van der Waals surface area contributed by atoms with Gasteiger partial charge in [0.15, 0.2) is 5.78 Å². The lowest BCUT2D eigenvalue weighted by Crippen LogP contribution is -2.05. The molecule has 2 rings (SSSR count). The number of ketones is 1. The van der Waals surface area contributed by atoms with Gasteiger partial charge in [-0.05, 0) is 18.1 Å². The molecule has 5 nitrogen and oxygen atoms in total. The Labute approximate surface area is 104 Å². The van der Waals surface area contributed by atoms with Crippen molar-refractivity contribution in [2.75, 3.05) is 0 Å². The molecule has 0 saturated heterocycles. The summed E-state index contributed by atoms with van der Waals surface area (Å²) in [5, 5.41) is 22.9. The number of aromatic hydroxyl groups is 2. The number of carbonyl (C=O) groups excluding carboxylic acids is 1. The van der Waals surface area contributed by atoms with Crippen molar-refractivity contribution in [3.8, 4) is 11.5 Å². The van der Waals surface area contributed by atoms with Crippen LogP contribution in [0.4, 0.5) is 0 Å². The van der Waals surface area contributed by atoms with E-state index in [-0.39, 0.29) is 29.3 Å². The third-order valence-corrected chi connectivity index (χ3v) is 2.71. The van der Waals surface area contributed by atoms with Crippen LogP contribution in [0.2, 0.25) is 0 Å². The Morgan fingerprint density at radius 2 is 2.11 bits per heavy atom. The smallest absolute Gasteiger partial charge is 0.172 e. The monoisotopic (exact) mass is 247 g/mol. The van der Waals surface area contributed by atoms with Gasteiger partial charge >= 0.3 is 0 Å². The number of aromatic nitrogens is 1. The second kappa shape index (κ2) is 4.91. The third kappa shape index (κ3) is 2.34. The largest absolute Gasteiger partial charge is 0.508 e. The van der Waals surface area contributed by atoms with Crippen molar-refractivity contribution in [3.05, 3.63) is 41.3 Å². The molecule has 0 atom stereocenters. The summed E-state index contributed by atoms with van der Waals surface area (Å²) < 4.78 is 4.64. The third-order valence-electron chi connectivity index (χ3n) is 2.71. The van der Waals surface area contributed by atoms with Gasteiger partial charge in [0.25, 0.3) is 0 Å². The zero-order valence-corrected chi connectivity index (χ0v) is 9.88. The highest BCUT2D eigenvalue weighted by atomic mass is 16.5. The summed E-state index contributed by atoms with van der Waals surface area (Å²) in [6, 6.07) is 4.29. The number of aryl methyl sites for hydroxylation is 1. The van der Waals surface area contributed by atoms with Crippen molar-refractivity contribution in [2.45, 2.75) is 19.8 Å². The first-order chi connectivity index (χ1) is 8.61. The van der Waals surface area contributed by atoms with Gasteiger partial charge in [-0.1, -0.05) is 12.1 Å². The van der Waals surface area contributed by atoms with Crippen LogP contribution in [0, 0.1) is 0 Å². The van der Waals surface area contributed by atoms with Gasteiger partial charge in [0.1, 0.15) is 17.8 Å². The van der Waals surface area contributed by atoms with E-state index < -0.39 is 0 Å². The molecular weight excluding hydrogens is 234 g/mol. The van der Waals surface area contributed by atoms with Gasteiger partial charge < -0.3 is 14.7 Å². The fourth-order valence-corrected chi connectivity index (χ4v) is 1.72. The highest BCUT2D eigenvalue weighted by Crippen LogP contribution is 2.28. The lowest BCUT2D eigenvalue weighted by Gasteiger charge is -2.07. The second-order valence-corrected chi connectivity index (χ2v) is 3.94. The second-order valence-electron chi connectivity index (χ2n) is 3.94. The summed E-state index contributed by atoms with van der Waals surface area (Å²) in [6.07, 6.45) is 2.02. The molecule has 0 unspecified atom stereocenters. The van der Waals surface area contributed by atoms with E-state index in [1.807, 2.05) is 6.92 Å². The number of benzene rings is 1. The highest BCUT2D eigenvalue weighted by molar-refractivity contribution is 6.00. The zero-order valence-electron chi connectivity index (χ0n) is 9.88. The zero-order chi connectivity index (χ0) is 13.1. The Bertz CT molecular complexity index is 561. The molecule has 5 heteroatoms. The molecule has 2 N–H and O–H groups in total. The minimum Gasteiger partial charge on any atom is -0.508 e. The van der Waals surface area contributed by atoms with Crippen molar-refractivity contribution < 1.29 is 19.5 Å². The first kappa shape index (κ1) is 12.2. The van der Waals surface area contributed by atoms with Crippen LogP contribution < -0.4 is 0 Å². The lowest BCUT2D eigenvalue weighted by molar-refractivity contribution is 0.0988. The predicted molar refractivity (Wildman–Crippen MR) is 63.7 cm³/mol. The molecule has 0 fully saturated rings. The summed E-state index contributed by atoms with van der Waals surface area (Å²) in [5.41, 5.74) is 1.31. The van der Waals surface area contributed by atoms with Gasteiger partial charge in [-0.3, -0.25) is 4.79 Å². The van der Waals surface area contributed by atoms with Crippen LogP contribution >= 0.6 is 0 Å². The maximum Gasteiger partial charge on any atom is 0.172 e. The molecule has 0 aliphatic heterocycles. The first-order valence-electron chi connectivity index (χ1n) is 5.59. The molecule has 1 aromatic carbocycles. The molecule has 0 amide bonds. The molecule has 2 aromatic rings. The number of carbonyl (C=O) groups is 1. The summed E-state index contributed by atoms with van der Waals surface area (Å²) in [6.45, 7) is 1.86. The number of rotatable bonds is 4. The fourth-order valence-electron chi connectivity index (χ4n) is 1.72. The quantitative estimate of drug-likeness (QED) is 0.808. The van der Waals surface area contributed by atoms with E-state index in [1.54, 1.807) is 6.07 Å². The van der Waals surface area contributed by atoms with Gasteiger partial charge in [-0.25, -0.2) is 0 Å². The number of hydrogen-bond acceptors (Lipinski definition) is 5. The highest BCUT2D eigenvalue weighted by Gasteiger charge is 2.16. The molecule has 0 saturated carbocycles. The van der Waals surface area contributed by atoms with Crippen LogP contribution in [0.15, 0.2) is 29.0 Å². The summed E-state index contributed by atoms with van der Waals surface area (Å²) >= 11 is 0. The average Bonchev–Trinajstić information content (AvgIpc) is 2.81. The van der Waals surface area contributed by atoms with E-state index in [1.165, 1.54) is 18.4 Å². The normalized spacial score (nSPS) is 10.5. The first-order valence-corrected chi connectivity index (χ1v) is 5.59. The number of phenolic OH excluding ortho intramolecular Hbond substituents is 2. The molecule has 18 heavy (non-hydrogen) atoms. The molecule has 1 aromatic heterocycles. The number of Topliss-reactive ketones (excluding diaryl/α,β-unsaturated/α-hetero) is 1. The van der Waals surface area contributed by atoms with Crippen LogP contribution in [-0.4, -0.2) is 21.2 Å². The summed E-state index contributed by atoms with van der Waals surface area (Å²) in [7, 11) is 0. The van der Waals surface area contributed by atoms with Crippen molar-refractivity contribution >= 4 is 5.78 Å². The summed E-state index contributed by atoms with van der Waals surface area (Å²) in [5.74, 6) is -0.498. The van der Waals surface area contributed by atoms with E-state index in [4.69, 9.17) is 0 Å². The topological polar surface area (TPSA) is 83.6 Å². The predicted octanol–water partition coefficient (Wildman–Crippen LogP) is 2.07. The van der Waals surface area contributed by atoms with Crippen LogP contribution in [0.25, 0.3) is 0 Å². The van der Waals surface area contributed by atoms with Crippen LogP contribution in [0.1, 0.15) is 28.5 Å². The Morgan fingerprint density at radius 1 is 1.33 bits per heavy atom. The Hall–Kier alpha value is -2.30. The molecule has 0 aliphatic rings. The number of hydrogen-bond donors (Lipinski definition) is 2. The van der Waals surface area contributed by atoms with Crippen molar-refractivity contribution in [1.82, 2.24) is 5.16 Å². The van der Waals surface area contributed by atoms with Crippen molar-refractivity contribution in [3.63, 3.8) is 0 Å². The molecule has 0 bridgehead atoms. The van der Waals surface area contributed by atoms with Crippen molar-refractivity contribution in [2.24, 2.45) is 0 Å². The SMILES string of the molecule is CCc1cc(C(=O)Cc2ccon2)c(O)cc1O. The molecule has 0 spiro atoms. The number of phenols is 2. The van der Waals surface area contributed by atoms with Crippen LogP contribution in [0.5, 0.6) is 11.5 Å². The average molecular weight is 247 g/mol. The van der Waals surface area contributed by atoms with Crippen LogP contribution in [-0.2, 0) is 12.8 Å². The standard InChI is InChI=1S/C13H13NO4/c1-2-8-5-10(13(17)7-11(8)15)12(16)6-9-3-4-18-14-9/h3-5,7,15,17H,2,6H2,1H3. The molecule has 0 aliphatic carbocycles. The molecular formula is C13H13NO4. The molecule has 94 valence electrons. The maximum atomic E-state index is 12.0. The minimum atomic E-state index is -0.267. The maximum absolute atomic E-state index is 12.0. The Morgan fingerprint density at radius 3 is 2.72 bits per heavy atom. The molecule has 0 radical (unpaired) electrons. The van der Waals surface area contributed by atoms with E-state index in [9.17, 15) is 15.0 Å². The van der Waals surface area contributed by atoms with E-state index in [2.05, 4.69) is 9.68 Å². The van der Waals surface area contributed by atoms with Gasteiger partial charge in [-0.15, -0.1) is 0 Å². The van der Waals surface area contributed by atoms with E-state index in [0.29, 0.717) is 17.7 Å². The molecule has 1 heterocycles.